The molecule has 8 heteroatoms. The summed E-state index contributed by atoms with van der Waals surface area (Å²) in [6, 6.07) is 19.3. The molecule has 0 radical (unpaired) electrons. The average Bonchev–Trinajstić information content (AvgIpc) is 2.80. The summed E-state index contributed by atoms with van der Waals surface area (Å²) >= 11 is 0. The monoisotopic (exact) mass is 437 g/mol. The summed E-state index contributed by atoms with van der Waals surface area (Å²) in [6.07, 6.45) is 0. The number of aromatic nitrogens is 2. The normalized spacial score (nSPS) is 15.1. The van der Waals surface area contributed by atoms with E-state index in [1.165, 1.54) is 5.56 Å². The zero-order valence-corrected chi connectivity index (χ0v) is 18.6. The third-order valence-corrected chi connectivity index (χ3v) is 7.54. The molecule has 7 nitrogen and oxygen atoms in total. The first-order valence-corrected chi connectivity index (χ1v) is 11.8. The van der Waals surface area contributed by atoms with Crippen molar-refractivity contribution in [1.29, 1.82) is 0 Å². The second-order valence-electron chi connectivity index (χ2n) is 7.75. The van der Waals surface area contributed by atoms with Crippen LogP contribution in [0, 0.1) is 13.8 Å². The first-order chi connectivity index (χ1) is 14.9. The Morgan fingerprint density at radius 2 is 1.61 bits per heavy atom. The van der Waals surface area contributed by atoms with Crippen LogP contribution in [0.2, 0.25) is 0 Å². The van der Waals surface area contributed by atoms with Gasteiger partial charge in [0.1, 0.15) is 5.82 Å². The minimum atomic E-state index is -3.49. The highest BCUT2D eigenvalue weighted by molar-refractivity contribution is 7.89. The summed E-state index contributed by atoms with van der Waals surface area (Å²) in [5.74, 6) is 1.47. The zero-order valence-electron chi connectivity index (χ0n) is 17.8. The van der Waals surface area contributed by atoms with Crippen molar-refractivity contribution >= 4 is 21.7 Å². The number of piperazine rings is 1. The van der Waals surface area contributed by atoms with Gasteiger partial charge in [0.05, 0.1) is 4.90 Å². The van der Waals surface area contributed by atoms with Gasteiger partial charge < -0.3 is 10.2 Å². The molecular weight excluding hydrogens is 410 g/mol. The van der Waals surface area contributed by atoms with Crippen LogP contribution >= 0.6 is 0 Å². The van der Waals surface area contributed by atoms with E-state index in [9.17, 15) is 8.42 Å². The summed E-state index contributed by atoms with van der Waals surface area (Å²) in [5.41, 5.74) is 3.24. The molecule has 0 spiro atoms. The van der Waals surface area contributed by atoms with Crippen molar-refractivity contribution in [3.63, 3.8) is 0 Å². The quantitative estimate of drug-likeness (QED) is 0.638. The van der Waals surface area contributed by atoms with Crippen molar-refractivity contribution < 1.29 is 8.42 Å². The molecule has 1 N–H and O–H groups in total. The Bertz CT molecular complexity index is 1130. The summed E-state index contributed by atoms with van der Waals surface area (Å²) < 4.78 is 27.5. The van der Waals surface area contributed by atoms with Crippen LogP contribution in [-0.4, -0.2) is 49.1 Å². The fourth-order valence-corrected chi connectivity index (χ4v) is 5.07. The molecule has 0 saturated carbocycles. The number of hydrogen-bond acceptors (Lipinski definition) is 6. The van der Waals surface area contributed by atoms with E-state index in [4.69, 9.17) is 0 Å². The number of nitrogens with one attached hydrogen (secondary N) is 1. The van der Waals surface area contributed by atoms with Crippen LogP contribution in [0.3, 0.4) is 0 Å². The molecule has 162 valence electrons. The predicted molar refractivity (Wildman–Crippen MR) is 123 cm³/mol. The van der Waals surface area contributed by atoms with Gasteiger partial charge in [0.15, 0.2) is 5.82 Å². The molecule has 0 atom stereocenters. The molecule has 4 rings (SSSR count). The number of sulfonamides is 1. The standard InChI is InChI=1S/C23H27N5O2S/c1-18-8-9-21(16-19(18)2)31(29,30)28-14-12-27(13-15-28)23-11-10-22(25-26-23)24-17-20-6-4-3-5-7-20/h3-11,16H,12-15,17H2,1-2H3,(H,24,25). The molecular formula is C23H27N5O2S. The maximum absolute atomic E-state index is 13.0. The second kappa shape index (κ2) is 9.03. The first-order valence-electron chi connectivity index (χ1n) is 10.4. The van der Waals surface area contributed by atoms with Crippen LogP contribution in [0.15, 0.2) is 65.6 Å². The number of nitrogens with zero attached hydrogens (tertiary/aromatic N) is 4. The maximum Gasteiger partial charge on any atom is 0.243 e. The molecule has 0 unspecified atom stereocenters. The van der Waals surface area contributed by atoms with Crippen molar-refractivity contribution in [2.45, 2.75) is 25.3 Å². The van der Waals surface area contributed by atoms with Gasteiger partial charge in [0, 0.05) is 32.7 Å². The topological polar surface area (TPSA) is 78.4 Å². The van der Waals surface area contributed by atoms with Gasteiger partial charge >= 0.3 is 0 Å². The van der Waals surface area contributed by atoms with E-state index in [-0.39, 0.29) is 0 Å². The van der Waals surface area contributed by atoms with Gasteiger partial charge in [-0.2, -0.15) is 4.31 Å². The Morgan fingerprint density at radius 1 is 0.871 bits per heavy atom. The van der Waals surface area contributed by atoms with Crippen LogP contribution in [0.4, 0.5) is 11.6 Å². The Labute approximate surface area is 183 Å². The lowest BCUT2D eigenvalue weighted by Gasteiger charge is -2.34. The summed E-state index contributed by atoms with van der Waals surface area (Å²) in [6.45, 7) is 6.60. The van der Waals surface area contributed by atoms with E-state index in [0.717, 1.165) is 16.9 Å². The van der Waals surface area contributed by atoms with Gasteiger partial charge in [0.2, 0.25) is 10.0 Å². The molecule has 1 aliphatic heterocycles. The fourth-order valence-electron chi connectivity index (χ4n) is 3.56. The Morgan fingerprint density at radius 3 is 2.26 bits per heavy atom. The van der Waals surface area contributed by atoms with Crippen LogP contribution in [0.1, 0.15) is 16.7 Å². The molecule has 2 heterocycles. The number of hydrogen-bond donors (Lipinski definition) is 1. The lowest BCUT2D eigenvalue weighted by atomic mass is 10.1. The lowest BCUT2D eigenvalue weighted by Crippen LogP contribution is -2.49. The van der Waals surface area contributed by atoms with E-state index in [0.29, 0.717) is 43.4 Å². The van der Waals surface area contributed by atoms with Gasteiger partial charge in [-0.25, -0.2) is 8.42 Å². The van der Waals surface area contributed by atoms with Crippen molar-refractivity contribution in [3.05, 3.63) is 77.4 Å². The molecule has 2 aromatic carbocycles. The number of aryl methyl sites for hydroxylation is 2. The van der Waals surface area contributed by atoms with Crippen molar-refractivity contribution in [2.24, 2.45) is 0 Å². The van der Waals surface area contributed by atoms with Gasteiger partial charge in [-0.05, 0) is 54.8 Å². The van der Waals surface area contributed by atoms with Crippen LogP contribution in [-0.2, 0) is 16.6 Å². The lowest BCUT2D eigenvalue weighted by molar-refractivity contribution is 0.383. The number of benzene rings is 2. The Hall–Kier alpha value is -2.97. The summed E-state index contributed by atoms with van der Waals surface area (Å²) in [4.78, 5) is 2.43. The third kappa shape index (κ3) is 4.86. The molecule has 1 fully saturated rings. The smallest absolute Gasteiger partial charge is 0.243 e. The maximum atomic E-state index is 13.0. The van der Waals surface area contributed by atoms with E-state index < -0.39 is 10.0 Å². The molecule has 3 aromatic rings. The fraction of sp³-hybridized carbons (Fsp3) is 0.304. The minimum absolute atomic E-state index is 0.359. The third-order valence-electron chi connectivity index (χ3n) is 5.65. The highest BCUT2D eigenvalue weighted by Crippen LogP contribution is 2.22. The van der Waals surface area contributed by atoms with Gasteiger partial charge in [0.25, 0.3) is 0 Å². The average molecular weight is 438 g/mol. The van der Waals surface area contributed by atoms with E-state index in [2.05, 4.69) is 32.5 Å². The van der Waals surface area contributed by atoms with Gasteiger partial charge in [-0.1, -0.05) is 36.4 Å². The van der Waals surface area contributed by atoms with E-state index >= 15 is 0 Å². The summed E-state index contributed by atoms with van der Waals surface area (Å²) in [7, 11) is -3.49. The Kier molecular flexibility index (Phi) is 6.20. The second-order valence-corrected chi connectivity index (χ2v) is 9.69. The van der Waals surface area contributed by atoms with Gasteiger partial charge in [-0.15, -0.1) is 10.2 Å². The van der Waals surface area contributed by atoms with Crippen molar-refractivity contribution in [3.8, 4) is 0 Å². The predicted octanol–water partition coefficient (Wildman–Crippen LogP) is 3.22. The van der Waals surface area contributed by atoms with E-state index in [1.807, 2.05) is 50.2 Å². The van der Waals surface area contributed by atoms with Crippen LogP contribution < -0.4 is 10.2 Å². The molecule has 0 aliphatic carbocycles. The highest BCUT2D eigenvalue weighted by atomic mass is 32.2. The van der Waals surface area contributed by atoms with Crippen LogP contribution in [0.5, 0.6) is 0 Å². The molecule has 1 aromatic heterocycles. The summed E-state index contributed by atoms with van der Waals surface area (Å²) in [5, 5.41) is 11.9. The first kappa shape index (κ1) is 21.3. The molecule has 1 saturated heterocycles. The van der Waals surface area contributed by atoms with Gasteiger partial charge in [-0.3, -0.25) is 0 Å². The van der Waals surface area contributed by atoms with Crippen molar-refractivity contribution in [1.82, 2.24) is 14.5 Å². The zero-order chi connectivity index (χ0) is 21.8. The number of anilines is 2. The molecule has 0 bridgehead atoms. The Balaban J connectivity index is 1.35. The van der Waals surface area contributed by atoms with Crippen molar-refractivity contribution in [2.75, 3.05) is 36.4 Å². The molecule has 1 aliphatic rings. The largest absolute Gasteiger partial charge is 0.365 e. The number of rotatable bonds is 6. The molecule has 0 amide bonds. The highest BCUT2D eigenvalue weighted by Gasteiger charge is 2.29. The van der Waals surface area contributed by atoms with E-state index in [1.54, 1.807) is 16.4 Å². The van der Waals surface area contributed by atoms with Crippen LogP contribution in [0.25, 0.3) is 0 Å². The minimum Gasteiger partial charge on any atom is -0.365 e. The molecule has 31 heavy (non-hydrogen) atoms. The SMILES string of the molecule is Cc1ccc(S(=O)(=O)N2CCN(c3ccc(NCc4ccccc4)nn3)CC2)cc1C.